The number of amides is 1. The zero-order valence-electron chi connectivity index (χ0n) is 17.2. The normalized spacial score (nSPS) is 18.1. The Morgan fingerprint density at radius 2 is 1.83 bits per heavy atom. The molecule has 0 saturated carbocycles. The number of carbonyl (C=O) groups is 1. The largest absolute Gasteiger partial charge is 0.497 e. The summed E-state index contributed by atoms with van der Waals surface area (Å²) in [6.07, 6.45) is 2.47. The summed E-state index contributed by atoms with van der Waals surface area (Å²) in [7, 11) is 5.65. The molecule has 3 rings (SSSR count). The number of hydrogen-bond donors (Lipinski definition) is 0. The van der Waals surface area contributed by atoms with Gasteiger partial charge in [0, 0.05) is 19.8 Å². The van der Waals surface area contributed by atoms with Crippen LogP contribution in [-0.4, -0.2) is 48.6 Å². The Kier molecular flexibility index (Phi) is 6.93. The summed E-state index contributed by atoms with van der Waals surface area (Å²) < 4.78 is 5.20. The van der Waals surface area contributed by atoms with Crippen LogP contribution in [0.15, 0.2) is 58.7 Å². The maximum absolute atomic E-state index is 12.8. The van der Waals surface area contributed by atoms with E-state index in [1.54, 1.807) is 18.2 Å². The number of hydrogen-bond acceptors (Lipinski definition) is 6. The van der Waals surface area contributed by atoms with Crippen LogP contribution < -0.4 is 9.64 Å². The molecular formula is C22H26N4O2S. The molecule has 0 unspecified atom stereocenters. The summed E-state index contributed by atoms with van der Waals surface area (Å²) in [4.78, 5) is 16.5. The highest BCUT2D eigenvalue weighted by molar-refractivity contribution is 8.15. The maximum Gasteiger partial charge on any atom is 0.242 e. The van der Waals surface area contributed by atoms with Crippen molar-refractivity contribution in [2.75, 3.05) is 26.1 Å². The van der Waals surface area contributed by atoms with E-state index in [-0.39, 0.29) is 11.2 Å². The van der Waals surface area contributed by atoms with Gasteiger partial charge in [-0.25, -0.2) is 0 Å². The van der Waals surface area contributed by atoms with Gasteiger partial charge in [-0.15, -0.1) is 5.10 Å². The Morgan fingerprint density at radius 3 is 2.41 bits per heavy atom. The number of amidine groups is 1. The molecule has 0 spiro atoms. The first-order valence-electron chi connectivity index (χ1n) is 9.51. The topological polar surface area (TPSA) is 57.5 Å². The van der Waals surface area contributed by atoms with Crippen LogP contribution >= 0.6 is 11.8 Å². The number of ether oxygens (including phenoxy) is 1. The minimum atomic E-state index is -0.110. The van der Waals surface area contributed by atoms with E-state index in [0.717, 1.165) is 29.0 Å². The second-order valence-corrected chi connectivity index (χ2v) is 8.07. The fourth-order valence-corrected chi connectivity index (χ4v) is 3.93. The fraction of sp³-hybridized carbons (Fsp3) is 0.318. The summed E-state index contributed by atoms with van der Waals surface area (Å²) in [6, 6.07) is 15.8. The predicted octanol–water partition coefficient (Wildman–Crippen LogP) is 4.01. The second-order valence-electron chi connectivity index (χ2n) is 6.90. The van der Waals surface area contributed by atoms with E-state index in [9.17, 15) is 4.79 Å². The van der Waals surface area contributed by atoms with E-state index in [4.69, 9.17) is 4.74 Å². The molecule has 0 aliphatic carbocycles. The Labute approximate surface area is 176 Å². The molecule has 1 heterocycles. The number of benzene rings is 2. The Hall–Kier alpha value is -2.80. The average molecular weight is 411 g/mol. The first kappa shape index (κ1) is 20.9. The maximum atomic E-state index is 12.8. The zero-order valence-corrected chi connectivity index (χ0v) is 18.0. The molecule has 7 heteroatoms. The first-order chi connectivity index (χ1) is 14.0. The van der Waals surface area contributed by atoms with Crippen LogP contribution in [0.4, 0.5) is 5.69 Å². The monoisotopic (exact) mass is 410 g/mol. The van der Waals surface area contributed by atoms with Crippen LogP contribution in [0.5, 0.6) is 5.75 Å². The minimum Gasteiger partial charge on any atom is -0.497 e. The van der Waals surface area contributed by atoms with Gasteiger partial charge in [-0.05, 0) is 41.8 Å². The summed E-state index contributed by atoms with van der Waals surface area (Å²) in [5.41, 5.74) is 3.11. The van der Waals surface area contributed by atoms with E-state index in [1.165, 1.54) is 11.8 Å². The molecule has 2 aromatic carbocycles. The van der Waals surface area contributed by atoms with E-state index in [1.807, 2.05) is 74.4 Å². The van der Waals surface area contributed by atoms with Crippen molar-refractivity contribution in [3.8, 4) is 5.75 Å². The van der Waals surface area contributed by atoms with Crippen molar-refractivity contribution in [2.45, 2.75) is 25.1 Å². The third kappa shape index (κ3) is 5.17. The molecule has 1 fully saturated rings. The third-order valence-corrected chi connectivity index (χ3v) is 5.98. The Morgan fingerprint density at radius 1 is 1.14 bits per heavy atom. The number of methoxy groups -OCH3 is 1. The highest BCUT2D eigenvalue weighted by Gasteiger charge is 2.36. The van der Waals surface area contributed by atoms with Gasteiger partial charge in [-0.2, -0.15) is 5.10 Å². The van der Waals surface area contributed by atoms with Crippen molar-refractivity contribution in [3.63, 3.8) is 0 Å². The van der Waals surface area contributed by atoms with Crippen molar-refractivity contribution in [1.29, 1.82) is 0 Å². The molecular weight excluding hydrogens is 384 g/mol. The molecule has 0 bridgehead atoms. The molecule has 1 saturated heterocycles. The van der Waals surface area contributed by atoms with Gasteiger partial charge in [0.25, 0.3) is 0 Å². The zero-order chi connectivity index (χ0) is 20.8. The van der Waals surface area contributed by atoms with Gasteiger partial charge in [-0.1, -0.05) is 43.0 Å². The van der Waals surface area contributed by atoms with Crippen LogP contribution in [0.25, 0.3) is 0 Å². The molecule has 1 aliphatic heterocycles. The van der Waals surface area contributed by atoms with E-state index in [2.05, 4.69) is 10.2 Å². The van der Waals surface area contributed by atoms with Crippen LogP contribution in [-0.2, 0) is 11.3 Å². The van der Waals surface area contributed by atoms with Crippen molar-refractivity contribution >= 4 is 34.7 Å². The molecule has 0 aromatic heterocycles. The molecule has 6 nitrogen and oxygen atoms in total. The van der Waals surface area contributed by atoms with E-state index >= 15 is 0 Å². The van der Waals surface area contributed by atoms with Crippen LogP contribution in [0, 0.1) is 0 Å². The summed E-state index contributed by atoms with van der Waals surface area (Å²) in [5, 5.41) is 9.12. The SMILES string of the molecule is CC[C@@H]1S/C(=N/N=C\c2ccc(N(C)C)cc2)N(Cc2ccc(OC)cc2)C1=O. The number of anilines is 1. The number of thioether (sulfide) groups is 1. The molecule has 2 aromatic rings. The van der Waals surface area contributed by atoms with Gasteiger partial charge in [-0.3, -0.25) is 9.69 Å². The van der Waals surface area contributed by atoms with Crippen LogP contribution in [0.1, 0.15) is 24.5 Å². The molecule has 1 aliphatic rings. The predicted molar refractivity (Wildman–Crippen MR) is 121 cm³/mol. The lowest BCUT2D eigenvalue weighted by atomic mass is 10.2. The second kappa shape index (κ2) is 9.60. The smallest absolute Gasteiger partial charge is 0.242 e. The summed E-state index contributed by atoms with van der Waals surface area (Å²) in [5.74, 6) is 0.874. The van der Waals surface area contributed by atoms with E-state index in [0.29, 0.717) is 11.7 Å². The lowest BCUT2D eigenvalue weighted by molar-refractivity contribution is -0.126. The van der Waals surface area contributed by atoms with Crippen LogP contribution in [0.3, 0.4) is 0 Å². The summed E-state index contributed by atoms with van der Waals surface area (Å²) in [6.45, 7) is 2.48. The lowest BCUT2D eigenvalue weighted by Crippen LogP contribution is -2.31. The van der Waals surface area contributed by atoms with Gasteiger partial charge in [0.2, 0.25) is 5.91 Å². The molecule has 1 amide bonds. The van der Waals surface area contributed by atoms with Crippen molar-refractivity contribution in [1.82, 2.24) is 4.90 Å². The van der Waals surface area contributed by atoms with Gasteiger partial charge < -0.3 is 9.64 Å². The number of carbonyl (C=O) groups excluding carboxylic acids is 1. The molecule has 0 radical (unpaired) electrons. The summed E-state index contributed by atoms with van der Waals surface area (Å²) >= 11 is 1.48. The van der Waals surface area contributed by atoms with Crippen LogP contribution in [0.2, 0.25) is 0 Å². The first-order valence-corrected chi connectivity index (χ1v) is 10.4. The van der Waals surface area contributed by atoms with Gasteiger partial charge >= 0.3 is 0 Å². The lowest BCUT2D eigenvalue weighted by Gasteiger charge is -2.16. The standard InChI is InChI=1S/C22H26N4O2S/c1-5-20-21(27)26(15-17-8-12-19(28-4)13-9-17)22(29-20)24-23-14-16-6-10-18(11-7-16)25(2)3/h6-14,20H,5,15H2,1-4H3/b23-14-,24-22+/t20-/m0/s1. The minimum absolute atomic E-state index is 0.0811. The third-order valence-electron chi connectivity index (χ3n) is 4.65. The van der Waals surface area contributed by atoms with Crippen molar-refractivity contribution in [3.05, 3.63) is 59.7 Å². The van der Waals surface area contributed by atoms with Crippen molar-refractivity contribution in [2.24, 2.45) is 10.2 Å². The Bertz CT molecular complexity index is 892. The Balaban J connectivity index is 1.75. The van der Waals surface area contributed by atoms with E-state index < -0.39 is 0 Å². The quantitative estimate of drug-likeness (QED) is 0.511. The number of rotatable bonds is 7. The van der Waals surface area contributed by atoms with Gasteiger partial charge in [0.1, 0.15) is 5.75 Å². The molecule has 29 heavy (non-hydrogen) atoms. The fourth-order valence-electron chi connectivity index (χ4n) is 2.91. The molecule has 1 atom stereocenters. The highest BCUT2D eigenvalue weighted by atomic mass is 32.2. The highest BCUT2D eigenvalue weighted by Crippen LogP contribution is 2.31. The number of nitrogens with zero attached hydrogens (tertiary/aromatic N) is 4. The van der Waals surface area contributed by atoms with Crippen molar-refractivity contribution < 1.29 is 9.53 Å². The molecule has 0 N–H and O–H groups in total. The molecule has 152 valence electrons. The average Bonchev–Trinajstić information content (AvgIpc) is 3.04. The van der Waals surface area contributed by atoms with Gasteiger partial charge in [0.15, 0.2) is 5.17 Å². The van der Waals surface area contributed by atoms with Gasteiger partial charge in [0.05, 0.1) is 25.1 Å².